The molecule has 0 aromatic heterocycles. The van der Waals surface area contributed by atoms with Crippen LogP contribution >= 0.6 is 0 Å². The number of carboxylic acid groups (broad SMARTS) is 2. The molecular formula is C26H42N10O7. The monoisotopic (exact) mass is 606 g/mol. The largest absolute Gasteiger partial charge is 0.481 e. The Labute approximate surface area is 248 Å². The second kappa shape index (κ2) is 19.2. The molecule has 1 aromatic rings. The van der Waals surface area contributed by atoms with Gasteiger partial charge in [-0.1, -0.05) is 30.3 Å². The van der Waals surface area contributed by atoms with Gasteiger partial charge in [0.2, 0.25) is 17.7 Å². The summed E-state index contributed by atoms with van der Waals surface area (Å²) in [5, 5.41) is 26.1. The number of guanidine groups is 2. The number of nitrogens with one attached hydrogen (secondary N) is 3. The summed E-state index contributed by atoms with van der Waals surface area (Å²) in [7, 11) is 0. The second-order valence-corrected chi connectivity index (χ2v) is 9.65. The molecule has 1 aromatic carbocycles. The van der Waals surface area contributed by atoms with Crippen LogP contribution in [0.5, 0.6) is 0 Å². The van der Waals surface area contributed by atoms with Crippen molar-refractivity contribution in [2.45, 2.75) is 69.1 Å². The van der Waals surface area contributed by atoms with Gasteiger partial charge in [0.05, 0.1) is 6.04 Å². The predicted octanol–water partition coefficient (Wildman–Crippen LogP) is -2.93. The third-order valence-electron chi connectivity index (χ3n) is 6.05. The summed E-state index contributed by atoms with van der Waals surface area (Å²) in [4.78, 5) is 69.8. The van der Waals surface area contributed by atoms with E-state index in [0.717, 1.165) is 5.56 Å². The number of nitrogens with two attached hydrogens (primary N) is 5. The van der Waals surface area contributed by atoms with Crippen molar-refractivity contribution < 1.29 is 34.2 Å². The van der Waals surface area contributed by atoms with Crippen LogP contribution in [-0.2, 0) is 30.4 Å². The number of rotatable bonds is 20. The SMILES string of the molecule is NC(N)=NCCCC(NC(=O)C(CCCN=C(N)N)NC(=O)C(CCC(=O)O)NC(=O)C(N)Cc1ccccc1)C(=O)O. The first-order chi connectivity index (χ1) is 20.3. The lowest BCUT2D eigenvalue weighted by molar-refractivity contribution is -0.142. The van der Waals surface area contributed by atoms with Crippen molar-refractivity contribution in [2.75, 3.05) is 13.1 Å². The van der Waals surface area contributed by atoms with Crippen molar-refractivity contribution in [1.29, 1.82) is 0 Å². The van der Waals surface area contributed by atoms with Crippen molar-refractivity contribution in [3.63, 3.8) is 0 Å². The Morgan fingerprint density at radius 3 is 1.65 bits per heavy atom. The highest BCUT2D eigenvalue weighted by Gasteiger charge is 2.30. The maximum atomic E-state index is 13.3. The Hall–Kier alpha value is -4.93. The van der Waals surface area contributed by atoms with Crippen LogP contribution in [0.2, 0.25) is 0 Å². The lowest BCUT2D eigenvalue weighted by Crippen LogP contribution is -2.57. The van der Waals surface area contributed by atoms with E-state index in [0.29, 0.717) is 0 Å². The first kappa shape index (κ1) is 36.1. The molecule has 17 heteroatoms. The van der Waals surface area contributed by atoms with Crippen molar-refractivity contribution in [3.05, 3.63) is 35.9 Å². The van der Waals surface area contributed by atoms with Crippen LogP contribution in [0.3, 0.4) is 0 Å². The van der Waals surface area contributed by atoms with E-state index in [-0.39, 0.29) is 63.5 Å². The zero-order valence-corrected chi connectivity index (χ0v) is 23.8. The minimum absolute atomic E-state index is 0.0108. The molecule has 0 aliphatic heterocycles. The Morgan fingerprint density at radius 2 is 1.16 bits per heavy atom. The number of nitrogens with zero attached hydrogens (tertiary/aromatic N) is 2. The average molecular weight is 607 g/mol. The summed E-state index contributed by atoms with van der Waals surface area (Å²) in [6, 6.07) is 3.92. The van der Waals surface area contributed by atoms with Crippen LogP contribution in [0.25, 0.3) is 0 Å². The maximum absolute atomic E-state index is 13.3. The van der Waals surface area contributed by atoms with E-state index < -0.39 is 60.2 Å². The zero-order valence-electron chi connectivity index (χ0n) is 23.8. The molecule has 0 spiro atoms. The van der Waals surface area contributed by atoms with E-state index in [9.17, 15) is 29.1 Å². The van der Waals surface area contributed by atoms with Gasteiger partial charge in [-0.05, 0) is 44.1 Å². The lowest BCUT2D eigenvalue weighted by atomic mass is 10.0. The van der Waals surface area contributed by atoms with E-state index in [4.69, 9.17) is 33.8 Å². The fourth-order valence-electron chi connectivity index (χ4n) is 3.85. The normalized spacial score (nSPS) is 13.3. The molecule has 0 heterocycles. The smallest absolute Gasteiger partial charge is 0.326 e. The van der Waals surface area contributed by atoms with Crippen LogP contribution < -0.4 is 44.6 Å². The molecule has 0 saturated carbocycles. The first-order valence-corrected chi connectivity index (χ1v) is 13.6. The van der Waals surface area contributed by atoms with Gasteiger partial charge in [-0.15, -0.1) is 0 Å². The number of carbonyl (C=O) groups excluding carboxylic acids is 3. The molecule has 0 saturated heterocycles. The summed E-state index contributed by atoms with van der Waals surface area (Å²) < 4.78 is 0. The fraction of sp³-hybridized carbons (Fsp3) is 0.500. The van der Waals surface area contributed by atoms with E-state index in [1.54, 1.807) is 30.3 Å². The average Bonchev–Trinajstić information content (AvgIpc) is 2.93. The number of hydrogen-bond donors (Lipinski definition) is 10. The van der Waals surface area contributed by atoms with E-state index in [1.807, 2.05) is 0 Å². The van der Waals surface area contributed by atoms with Crippen LogP contribution in [-0.4, -0.2) is 89.0 Å². The van der Waals surface area contributed by atoms with Gasteiger partial charge in [0.1, 0.15) is 18.1 Å². The quantitative estimate of drug-likeness (QED) is 0.0405. The number of amides is 3. The number of benzene rings is 1. The third kappa shape index (κ3) is 15.6. The number of aliphatic imine (C=N–C) groups is 2. The van der Waals surface area contributed by atoms with Gasteiger partial charge in [0.25, 0.3) is 0 Å². The van der Waals surface area contributed by atoms with Crippen LogP contribution in [0.4, 0.5) is 0 Å². The van der Waals surface area contributed by atoms with Gasteiger partial charge >= 0.3 is 11.9 Å². The van der Waals surface area contributed by atoms with Gasteiger partial charge < -0.3 is 54.8 Å². The molecule has 4 unspecified atom stereocenters. The molecule has 3 amide bonds. The number of hydrogen-bond acceptors (Lipinski definition) is 8. The molecule has 1 rings (SSSR count). The minimum atomic E-state index is -1.35. The number of carboxylic acids is 2. The molecule has 0 radical (unpaired) electrons. The highest BCUT2D eigenvalue weighted by atomic mass is 16.4. The molecular weight excluding hydrogens is 564 g/mol. The molecule has 4 atom stereocenters. The Morgan fingerprint density at radius 1 is 0.698 bits per heavy atom. The molecule has 0 aliphatic rings. The van der Waals surface area contributed by atoms with Gasteiger partial charge in [-0.2, -0.15) is 0 Å². The minimum Gasteiger partial charge on any atom is -0.481 e. The maximum Gasteiger partial charge on any atom is 0.326 e. The van der Waals surface area contributed by atoms with E-state index in [1.165, 1.54) is 0 Å². The van der Waals surface area contributed by atoms with Crippen LogP contribution in [0.1, 0.15) is 44.1 Å². The molecule has 43 heavy (non-hydrogen) atoms. The van der Waals surface area contributed by atoms with Crippen molar-refractivity contribution in [2.24, 2.45) is 38.7 Å². The Kier molecular flexibility index (Phi) is 16.1. The first-order valence-electron chi connectivity index (χ1n) is 13.6. The summed E-state index contributed by atoms with van der Waals surface area (Å²) >= 11 is 0. The Balaban J connectivity index is 3.05. The van der Waals surface area contributed by atoms with Crippen molar-refractivity contribution in [1.82, 2.24) is 16.0 Å². The standard InChI is InChI=1S/C26H42N10O7/c27-16(14-15-6-2-1-3-7-15)21(39)34-18(10-11-20(37)38)23(41)35-17(8-4-12-32-25(28)29)22(40)36-19(24(42)43)9-5-13-33-26(30)31/h1-3,6-7,16-19H,4-5,8-14,27H2,(H,34,39)(H,35,41)(H,36,40)(H,37,38)(H,42,43)(H4,28,29,32)(H4,30,31,33). The molecule has 238 valence electrons. The molecule has 15 N–H and O–H groups in total. The highest BCUT2D eigenvalue weighted by molar-refractivity contribution is 5.94. The summed E-state index contributed by atoms with van der Waals surface area (Å²) in [5.41, 5.74) is 28.0. The Bertz CT molecular complexity index is 1140. The third-order valence-corrected chi connectivity index (χ3v) is 6.05. The van der Waals surface area contributed by atoms with Crippen LogP contribution in [0, 0.1) is 0 Å². The van der Waals surface area contributed by atoms with Crippen molar-refractivity contribution in [3.8, 4) is 0 Å². The fourth-order valence-corrected chi connectivity index (χ4v) is 3.85. The lowest BCUT2D eigenvalue weighted by Gasteiger charge is -2.25. The molecule has 0 fully saturated rings. The highest BCUT2D eigenvalue weighted by Crippen LogP contribution is 2.07. The van der Waals surface area contributed by atoms with Crippen molar-refractivity contribution >= 4 is 41.6 Å². The second-order valence-electron chi connectivity index (χ2n) is 9.65. The van der Waals surface area contributed by atoms with E-state index in [2.05, 4.69) is 25.9 Å². The summed E-state index contributed by atoms with van der Waals surface area (Å²) in [6.07, 6.45) is -0.170. The van der Waals surface area contributed by atoms with Crippen LogP contribution in [0.15, 0.2) is 40.3 Å². The summed E-state index contributed by atoms with van der Waals surface area (Å²) in [6.45, 7) is 0.244. The van der Waals surface area contributed by atoms with Gasteiger partial charge in [0.15, 0.2) is 11.9 Å². The predicted molar refractivity (Wildman–Crippen MR) is 158 cm³/mol. The molecule has 0 bridgehead atoms. The topological polar surface area (TPSA) is 317 Å². The molecule has 0 aliphatic carbocycles. The number of aliphatic carboxylic acids is 2. The molecule has 17 nitrogen and oxygen atoms in total. The number of carbonyl (C=O) groups is 5. The zero-order chi connectivity index (χ0) is 32.4. The van der Waals surface area contributed by atoms with Gasteiger partial charge in [-0.25, -0.2) is 4.79 Å². The summed E-state index contributed by atoms with van der Waals surface area (Å²) in [5.74, 6) is -5.25. The van der Waals surface area contributed by atoms with Gasteiger partial charge in [-0.3, -0.25) is 29.2 Å². The van der Waals surface area contributed by atoms with E-state index >= 15 is 0 Å². The van der Waals surface area contributed by atoms with Gasteiger partial charge in [0, 0.05) is 19.5 Å².